The van der Waals surface area contributed by atoms with Crippen molar-refractivity contribution in [2.45, 2.75) is 39.2 Å². The van der Waals surface area contributed by atoms with Crippen molar-refractivity contribution in [3.8, 4) is 5.75 Å². The Morgan fingerprint density at radius 1 is 1.41 bits per heavy atom. The Kier molecular flexibility index (Phi) is 3.62. The monoisotopic (exact) mass is 230 g/mol. The third-order valence-corrected chi connectivity index (χ3v) is 3.00. The van der Waals surface area contributed by atoms with Crippen LogP contribution in [0, 0.1) is 6.92 Å². The van der Waals surface area contributed by atoms with E-state index in [0.717, 1.165) is 24.8 Å². The van der Waals surface area contributed by atoms with E-state index in [-0.39, 0.29) is 11.9 Å². The predicted molar refractivity (Wildman–Crippen MR) is 68.6 cm³/mol. The largest absolute Gasteiger partial charge is 0.486 e. The van der Waals surface area contributed by atoms with Gasteiger partial charge >= 0.3 is 0 Å². The van der Waals surface area contributed by atoms with Crippen molar-refractivity contribution in [1.29, 1.82) is 0 Å². The molecule has 90 valence electrons. The Bertz CT molecular complexity index is 446. The number of aryl methyl sites for hydroxylation is 1. The molecule has 1 aromatic rings. The van der Waals surface area contributed by atoms with Crippen LogP contribution in [0.2, 0.25) is 0 Å². The van der Waals surface area contributed by atoms with Crippen LogP contribution in [0.15, 0.2) is 30.4 Å². The molecule has 0 heterocycles. The number of hydrogen-bond acceptors (Lipinski definition) is 2. The molecule has 2 nitrogen and oxygen atoms in total. The Balaban J connectivity index is 2.22. The van der Waals surface area contributed by atoms with Crippen LogP contribution in [0.5, 0.6) is 5.75 Å². The zero-order valence-electron chi connectivity index (χ0n) is 10.4. The van der Waals surface area contributed by atoms with Gasteiger partial charge in [-0.1, -0.05) is 17.7 Å². The van der Waals surface area contributed by atoms with Crippen LogP contribution in [0.25, 0.3) is 0 Å². The molecule has 0 amide bonds. The van der Waals surface area contributed by atoms with Gasteiger partial charge in [0.05, 0.1) is 5.56 Å². The highest BCUT2D eigenvalue weighted by molar-refractivity contribution is 5.97. The van der Waals surface area contributed by atoms with Crippen molar-refractivity contribution in [3.05, 3.63) is 41.5 Å². The number of rotatable bonds is 3. The first-order valence-electron chi connectivity index (χ1n) is 6.12. The maximum absolute atomic E-state index is 11.6. The van der Waals surface area contributed by atoms with Crippen LogP contribution in [0.4, 0.5) is 0 Å². The normalized spacial score (nSPS) is 19.1. The zero-order chi connectivity index (χ0) is 12.3. The van der Waals surface area contributed by atoms with Crippen molar-refractivity contribution in [2.75, 3.05) is 0 Å². The second-order valence-electron chi connectivity index (χ2n) is 4.57. The van der Waals surface area contributed by atoms with Crippen LogP contribution >= 0.6 is 0 Å². The third kappa shape index (κ3) is 2.96. The average Bonchev–Trinajstić information content (AvgIpc) is 2.32. The Labute approximate surface area is 102 Å². The predicted octanol–water partition coefficient (Wildman–Crippen LogP) is 3.69. The fourth-order valence-corrected chi connectivity index (χ4v) is 2.06. The fraction of sp³-hybridized carbons (Fsp3) is 0.400. The quantitative estimate of drug-likeness (QED) is 0.584. The minimum Gasteiger partial charge on any atom is -0.486 e. The van der Waals surface area contributed by atoms with Gasteiger partial charge in [-0.3, -0.25) is 4.79 Å². The number of ether oxygens (including phenoxy) is 1. The number of allylic oxidation sites excluding steroid dienone is 1. The van der Waals surface area contributed by atoms with Crippen LogP contribution in [0.1, 0.15) is 42.1 Å². The van der Waals surface area contributed by atoms with Gasteiger partial charge in [-0.05, 0) is 51.3 Å². The molecule has 2 heteroatoms. The standard InChI is InChI=1S/C15H18O2/c1-11-8-9-15(14(10-11)12(2)16)17-13-6-4-3-5-7-13/h4,6,8-10,13H,3,5,7H2,1-2H3. The van der Waals surface area contributed by atoms with Crippen molar-refractivity contribution >= 4 is 5.78 Å². The van der Waals surface area contributed by atoms with E-state index in [4.69, 9.17) is 4.74 Å². The third-order valence-electron chi connectivity index (χ3n) is 3.00. The molecular formula is C15H18O2. The van der Waals surface area contributed by atoms with E-state index in [1.807, 2.05) is 25.1 Å². The van der Waals surface area contributed by atoms with E-state index in [0.29, 0.717) is 11.3 Å². The summed E-state index contributed by atoms with van der Waals surface area (Å²) in [6.07, 6.45) is 7.67. The maximum atomic E-state index is 11.6. The lowest BCUT2D eigenvalue weighted by molar-refractivity contribution is 0.101. The number of carbonyl (C=O) groups is 1. The van der Waals surface area contributed by atoms with Crippen LogP contribution in [-0.4, -0.2) is 11.9 Å². The molecule has 0 aliphatic heterocycles. The second kappa shape index (κ2) is 5.17. The van der Waals surface area contributed by atoms with Gasteiger partial charge in [0.25, 0.3) is 0 Å². The molecule has 0 fully saturated rings. The summed E-state index contributed by atoms with van der Waals surface area (Å²) in [7, 11) is 0. The molecule has 0 aromatic heterocycles. The van der Waals surface area contributed by atoms with Gasteiger partial charge < -0.3 is 4.74 Å². The Hall–Kier alpha value is -1.57. The molecule has 17 heavy (non-hydrogen) atoms. The molecular weight excluding hydrogens is 212 g/mol. The van der Waals surface area contributed by atoms with E-state index in [1.54, 1.807) is 6.92 Å². The van der Waals surface area contributed by atoms with E-state index in [2.05, 4.69) is 12.2 Å². The molecule has 0 bridgehead atoms. The van der Waals surface area contributed by atoms with Crippen LogP contribution < -0.4 is 4.74 Å². The molecule has 1 aliphatic rings. The highest BCUT2D eigenvalue weighted by Gasteiger charge is 2.14. The van der Waals surface area contributed by atoms with E-state index < -0.39 is 0 Å². The number of Topliss-reactive ketones (excluding diaryl/α,β-unsaturated/α-hetero) is 1. The van der Waals surface area contributed by atoms with Crippen molar-refractivity contribution in [1.82, 2.24) is 0 Å². The van der Waals surface area contributed by atoms with E-state index in [9.17, 15) is 4.79 Å². The minimum atomic E-state index is 0.0588. The molecule has 1 aliphatic carbocycles. The lowest BCUT2D eigenvalue weighted by Gasteiger charge is -2.20. The van der Waals surface area contributed by atoms with Gasteiger partial charge in [0.1, 0.15) is 11.9 Å². The summed E-state index contributed by atoms with van der Waals surface area (Å²) in [4.78, 5) is 11.6. The first-order chi connectivity index (χ1) is 8.16. The summed E-state index contributed by atoms with van der Waals surface area (Å²) in [5, 5.41) is 0. The highest BCUT2D eigenvalue weighted by atomic mass is 16.5. The highest BCUT2D eigenvalue weighted by Crippen LogP contribution is 2.24. The fourth-order valence-electron chi connectivity index (χ4n) is 2.06. The summed E-state index contributed by atoms with van der Waals surface area (Å²) in [6.45, 7) is 3.56. The average molecular weight is 230 g/mol. The van der Waals surface area contributed by atoms with Gasteiger partial charge in [-0.2, -0.15) is 0 Å². The first-order valence-corrected chi connectivity index (χ1v) is 6.12. The maximum Gasteiger partial charge on any atom is 0.163 e. The van der Waals surface area contributed by atoms with Gasteiger partial charge in [-0.25, -0.2) is 0 Å². The lowest BCUT2D eigenvalue weighted by atomic mass is 10.0. The van der Waals surface area contributed by atoms with Crippen LogP contribution in [0.3, 0.4) is 0 Å². The topological polar surface area (TPSA) is 26.3 Å². The lowest BCUT2D eigenvalue weighted by Crippen LogP contribution is -2.17. The number of carbonyl (C=O) groups excluding carboxylic acids is 1. The van der Waals surface area contributed by atoms with E-state index in [1.165, 1.54) is 0 Å². The van der Waals surface area contributed by atoms with Crippen molar-refractivity contribution < 1.29 is 9.53 Å². The molecule has 1 aromatic carbocycles. The smallest absolute Gasteiger partial charge is 0.163 e. The first kappa shape index (κ1) is 11.9. The molecule has 1 atom stereocenters. The molecule has 0 saturated carbocycles. The SMILES string of the molecule is CC(=O)c1cc(C)ccc1OC1C=CCCC1. The van der Waals surface area contributed by atoms with Gasteiger partial charge in [-0.15, -0.1) is 0 Å². The summed E-state index contributed by atoms with van der Waals surface area (Å²) in [5.74, 6) is 0.767. The number of benzene rings is 1. The zero-order valence-corrected chi connectivity index (χ0v) is 10.4. The summed E-state index contributed by atoms with van der Waals surface area (Å²) < 4.78 is 5.90. The molecule has 2 rings (SSSR count). The number of hydrogen-bond donors (Lipinski definition) is 0. The van der Waals surface area contributed by atoms with Gasteiger partial charge in [0.2, 0.25) is 0 Å². The van der Waals surface area contributed by atoms with Crippen LogP contribution in [-0.2, 0) is 0 Å². The Morgan fingerprint density at radius 3 is 2.88 bits per heavy atom. The molecule has 0 N–H and O–H groups in total. The molecule has 1 unspecified atom stereocenters. The molecule has 0 radical (unpaired) electrons. The summed E-state index contributed by atoms with van der Waals surface area (Å²) >= 11 is 0. The van der Waals surface area contributed by atoms with Gasteiger partial charge in [0, 0.05) is 0 Å². The number of ketones is 1. The Morgan fingerprint density at radius 2 is 2.24 bits per heavy atom. The summed E-state index contributed by atoms with van der Waals surface area (Å²) in [6, 6.07) is 5.77. The second-order valence-corrected chi connectivity index (χ2v) is 4.57. The van der Waals surface area contributed by atoms with E-state index >= 15 is 0 Å². The van der Waals surface area contributed by atoms with Gasteiger partial charge in [0.15, 0.2) is 5.78 Å². The van der Waals surface area contributed by atoms with Crippen molar-refractivity contribution in [3.63, 3.8) is 0 Å². The minimum absolute atomic E-state index is 0.0588. The van der Waals surface area contributed by atoms with Crippen molar-refractivity contribution in [2.24, 2.45) is 0 Å². The molecule has 0 saturated heterocycles. The summed E-state index contributed by atoms with van der Waals surface area (Å²) in [5.41, 5.74) is 1.77. The molecule has 0 spiro atoms.